The molecule has 0 aromatic carbocycles. The van der Waals surface area contributed by atoms with Crippen molar-refractivity contribution in [3.8, 4) is 0 Å². The Labute approximate surface area is 49.7 Å². The molecule has 46 valence electrons. The molecule has 7 heteroatoms. The Bertz CT molecular complexity index is 241. The van der Waals surface area contributed by atoms with Gasteiger partial charge in [0.05, 0.1) is 0 Å². The summed E-state index contributed by atoms with van der Waals surface area (Å²) >= 11 is 0. The van der Waals surface area contributed by atoms with E-state index in [1.807, 2.05) is 0 Å². The molecule has 0 saturated carbocycles. The standard InChI is InChI=1S/C2H3N7/c3-8-7-2-6-5-1-9(2)4/h1H,4H2. The first-order valence-corrected chi connectivity index (χ1v) is 2.05. The Morgan fingerprint density at radius 1 is 1.89 bits per heavy atom. The van der Waals surface area contributed by atoms with Crippen molar-refractivity contribution in [2.24, 2.45) is 5.11 Å². The molecule has 0 atom stereocenters. The summed E-state index contributed by atoms with van der Waals surface area (Å²) in [5.74, 6) is 5.21. The smallest absolute Gasteiger partial charge is 0.238 e. The summed E-state index contributed by atoms with van der Waals surface area (Å²) in [6.45, 7) is 0. The third-order valence-electron chi connectivity index (χ3n) is 0.688. The third kappa shape index (κ3) is 0.892. The molecule has 0 aliphatic heterocycles. The average molecular weight is 125 g/mol. The summed E-state index contributed by atoms with van der Waals surface area (Å²) in [5.41, 5.74) is 7.88. The van der Waals surface area contributed by atoms with E-state index in [1.54, 1.807) is 0 Å². The van der Waals surface area contributed by atoms with Crippen LogP contribution in [0.1, 0.15) is 0 Å². The van der Waals surface area contributed by atoms with E-state index >= 15 is 0 Å². The first-order chi connectivity index (χ1) is 4.34. The van der Waals surface area contributed by atoms with Crippen LogP contribution in [0, 0.1) is 0 Å². The van der Waals surface area contributed by atoms with Crippen molar-refractivity contribution in [1.29, 1.82) is 0 Å². The number of aromatic nitrogens is 3. The topological polar surface area (TPSA) is 105 Å². The van der Waals surface area contributed by atoms with Crippen LogP contribution in [0.3, 0.4) is 0 Å². The molecule has 9 heavy (non-hydrogen) atoms. The van der Waals surface area contributed by atoms with Crippen molar-refractivity contribution < 1.29 is 0 Å². The summed E-state index contributed by atoms with van der Waals surface area (Å²) in [4.78, 5) is 2.46. The summed E-state index contributed by atoms with van der Waals surface area (Å²) < 4.78 is 1.03. The fraction of sp³-hybridized carbons (Fsp3) is 0. The van der Waals surface area contributed by atoms with Crippen molar-refractivity contribution in [3.63, 3.8) is 0 Å². The number of nitrogen functional groups attached to an aromatic ring is 1. The summed E-state index contributed by atoms with van der Waals surface area (Å²) in [6.07, 6.45) is 1.24. The van der Waals surface area contributed by atoms with Crippen LogP contribution in [0.5, 0.6) is 0 Å². The van der Waals surface area contributed by atoms with E-state index in [1.165, 1.54) is 6.33 Å². The molecule has 0 amide bonds. The highest BCUT2D eigenvalue weighted by Gasteiger charge is 1.92. The van der Waals surface area contributed by atoms with Gasteiger partial charge in [-0.15, -0.1) is 10.2 Å². The maximum absolute atomic E-state index is 7.88. The van der Waals surface area contributed by atoms with Crippen LogP contribution in [0.4, 0.5) is 5.95 Å². The molecule has 7 nitrogen and oxygen atoms in total. The van der Waals surface area contributed by atoms with Crippen molar-refractivity contribution in [2.75, 3.05) is 5.84 Å². The first-order valence-electron chi connectivity index (χ1n) is 2.05. The third-order valence-corrected chi connectivity index (χ3v) is 0.688. The molecule has 0 spiro atoms. The van der Waals surface area contributed by atoms with Gasteiger partial charge < -0.3 is 5.84 Å². The second-order valence-corrected chi connectivity index (χ2v) is 1.23. The lowest BCUT2D eigenvalue weighted by molar-refractivity contribution is 0.986. The lowest BCUT2D eigenvalue weighted by Crippen LogP contribution is -2.04. The highest BCUT2D eigenvalue weighted by molar-refractivity contribution is 5.11. The van der Waals surface area contributed by atoms with Gasteiger partial charge in [-0.2, -0.15) is 0 Å². The van der Waals surface area contributed by atoms with E-state index in [2.05, 4.69) is 20.2 Å². The van der Waals surface area contributed by atoms with Gasteiger partial charge in [-0.05, 0) is 10.6 Å². The molecule has 0 radical (unpaired) electrons. The predicted octanol–water partition coefficient (Wildman–Crippen LogP) is -0.0663. The summed E-state index contributed by atoms with van der Waals surface area (Å²) in [6, 6.07) is 0. The Kier molecular flexibility index (Phi) is 1.21. The Hall–Kier alpha value is -1.75. The molecular formula is C2H3N7. The van der Waals surface area contributed by atoms with Gasteiger partial charge in [-0.25, -0.2) is 4.68 Å². The first kappa shape index (κ1) is 5.39. The molecule has 1 aromatic heterocycles. The lowest BCUT2D eigenvalue weighted by Gasteiger charge is -1.85. The van der Waals surface area contributed by atoms with Crippen LogP contribution in [0.2, 0.25) is 0 Å². The van der Waals surface area contributed by atoms with Crippen molar-refractivity contribution in [2.45, 2.75) is 0 Å². The second-order valence-electron chi connectivity index (χ2n) is 1.23. The molecule has 2 N–H and O–H groups in total. The number of hydrogen-bond donors (Lipinski definition) is 1. The van der Waals surface area contributed by atoms with E-state index in [4.69, 9.17) is 11.4 Å². The maximum Gasteiger partial charge on any atom is 0.238 e. The number of rotatable bonds is 1. The molecule has 0 aliphatic carbocycles. The van der Waals surface area contributed by atoms with Crippen LogP contribution in [-0.2, 0) is 0 Å². The summed E-state index contributed by atoms with van der Waals surface area (Å²) in [7, 11) is 0. The molecular weight excluding hydrogens is 122 g/mol. The van der Waals surface area contributed by atoms with Crippen LogP contribution in [-0.4, -0.2) is 14.9 Å². The Balaban J connectivity index is 3.07. The predicted molar refractivity (Wildman–Crippen MR) is 29.0 cm³/mol. The molecule has 1 aromatic rings. The lowest BCUT2D eigenvalue weighted by atomic mass is 11.1. The molecule has 0 bridgehead atoms. The SMILES string of the molecule is [N-]=[N+]=Nc1nncn1N. The van der Waals surface area contributed by atoms with E-state index in [-0.39, 0.29) is 5.95 Å². The second kappa shape index (κ2) is 2.01. The van der Waals surface area contributed by atoms with E-state index in [0.717, 1.165) is 4.68 Å². The van der Waals surface area contributed by atoms with Gasteiger partial charge in [0.15, 0.2) is 0 Å². The minimum Gasteiger partial charge on any atom is -0.336 e. The van der Waals surface area contributed by atoms with E-state index in [9.17, 15) is 0 Å². The Morgan fingerprint density at radius 2 is 2.67 bits per heavy atom. The van der Waals surface area contributed by atoms with E-state index in [0.29, 0.717) is 0 Å². The monoisotopic (exact) mass is 125 g/mol. The molecule has 0 unspecified atom stereocenters. The number of azide groups is 1. The fourth-order valence-electron chi connectivity index (χ4n) is 0.348. The van der Waals surface area contributed by atoms with Crippen molar-refractivity contribution in [3.05, 3.63) is 16.8 Å². The molecule has 1 rings (SSSR count). The maximum atomic E-state index is 7.88. The molecule has 0 aliphatic rings. The fourth-order valence-corrected chi connectivity index (χ4v) is 0.348. The zero-order chi connectivity index (χ0) is 6.69. The van der Waals surface area contributed by atoms with E-state index < -0.39 is 0 Å². The van der Waals surface area contributed by atoms with Gasteiger partial charge in [-0.3, -0.25) is 0 Å². The molecule has 0 fully saturated rings. The van der Waals surface area contributed by atoms with Crippen molar-refractivity contribution >= 4 is 5.95 Å². The highest BCUT2D eigenvalue weighted by Crippen LogP contribution is 1.99. The van der Waals surface area contributed by atoms with Gasteiger partial charge in [0.25, 0.3) is 0 Å². The van der Waals surface area contributed by atoms with Gasteiger partial charge >= 0.3 is 0 Å². The normalized spacial score (nSPS) is 8.44. The zero-order valence-electron chi connectivity index (χ0n) is 4.34. The van der Waals surface area contributed by atoms with Gasteiger partial charge in [-0.1, -0.05) is 0 Å². The number of nitrogens with two attached hydrogens (primary N) is 1. The molecule has 0 saturated heterocycles. The highest BCUT2D eigenvalue weighted by atomic mass is 15.5. The molecule has 1 heterocycles. The van der Waals surface area contributed by atoms with Crippen LogP contribution in [0.25, 0.3) is 10.4 Å². The van der Waals surface area contributed by atoms with Gasteiger partial charge in [0, 0.05) is 4.91 Å². The van der Waals surface area contributed by atoms with Crippen molar-refractivity contribution in [1.82, 2.24) is 14.9 Å². The average Bonchev–Trinajstić information content (AvgIpc) is 2.18. The zero-order valence-corrected chi connectivity index (χ0v) is 4.34. The van der Waals surface area contributed by atoms with Crippen LogP contribution < -0.4 is 5.84 Å². The number of nitrogens with zero attached hydrogens (tertiary/aromatic N) is 6. The number of hydrogen-bond acceptors (Lipinski definition) is 4. The largest absolute Gasteiger partial charge is 0.336 e. The quantitative estimate of drug-likeness (QED) is 0.246. The Morgan fingerprint density at radius 3 is 3.11 bits per heavy atom. The summed E-state index contributed by atoms with van der Waals surface area (Å²) in [5, 5.41) is 9.85. The minimum absolute atomic E-state index is 0.0532. The van der Waals surface area contributed by atoms with Gasteiger partial charge in [0.2, 0.25) is 5.95 Å². The minimum atomic E-state index is 0.0532. The van der Waals surface area contributed by atoms with Crippen LogP contribution >= 0.6 is 0 Å². The van der Waals surface area contributed by atoms with Crippen LogP contribution in [0.15, 0.2) is 11.4 Å². The van der Waals surface area contributed by atoms with Gasteiger partial charge in [0.1, 0.15) is 6.33 Å².